The van der Waals surface area contributed by atoms with Gasteiger partial charge in [0.1, 0.15) is 6.33 Å². The summed E-state index contributed by atoms with van der Waals surface area (Å²) in [6.07, 6.45) is 3.53. The second-order valence-electron chi connectivity index (χ2n) is 8.99. The van der Waals surface area contributed by atoms with Crippen LogP contribution in [0.3, 0.4) is 0 Å². The molecule has 3 aromatic carbocycles. The molecule has 39 heavy (non-hydrogen) atoms. The predicted molar refractivity (Wildman–Crippen MR) is 151 cm³/mol. The van der Waals surface area contributed by atoms with Crippen LogP contribution < -0.4 is 11.3 Å². The SMILES string of the molecule is CCCc1c(Cc2ccc(-c3ccccc3-c3noc(=O)[nH]3)cc2)c(=O)n(-c2ccccc2)c2ncnn12.[KH]. The van der Waals surface area contributed by atoms with Gasteiger partial charge in [0, 0.05) is 17.5 Å². The summed E-state index contributed by atoms with van der Waals surface area (Å²) in [6.45, 7) is 2.09. The van der Waals surface area contributed by atoms with Crippen LogP contribution in [0.2, 0.25) is 0 Å². The monoisotopic (exact) mass is 544 g/mol. The number of hydrogen-bond donors (Lipinski definition) is 1. The molecular weight excluding hydrogens is 519 g/mol. The second-order valence-corrected chi connectivity index (χ2v) is 8.99. The van der Waals surface area contributed by atoms with E-state index in [-0.39, 0.29) is 56.9 Å². The first-order valence-corrected chi connectivity index (χ1v) is 12.4. The third kappa shape index (κ3) is 5.26. The number of nitrogens with one attached hydrogen (secondary N) is 1. The zero-order valence-electron chi connectivity index (χ0n) is 20.7. The zero-order chi connectivity index (χ0) is 26.1. The molecule has 0 fully saturated rings. The maximum atomic E-state index is 13.9. The van der Waals surface area contributed by atoms with Crippen molar-refractivity contribution in [3.05, 3.63) is 123 Å². The van der Waals surface area contributed by atoms with Gasteiger partial charge in [0.05, 0.1) is 11.4 Å². The van der Waals surface area contributed by atoms with Gasteiger partial charge in [-0.1, -0.05) is 85.2 Å². The fraction of sp³-hybridized carbons (Fsp3) is 0.138. The van der Waals surface area contributed by atoms with Crippen LogP contribution in [0.4, 0.5) is 0 Å². The number of rotatable bonds is 7. The molecule has 0 aliphatic carbocycles. The van der Waals surface area contributed by atoms with E-state index in [9.17, 15) is 9.59 Å². The van der Waals surface area contributed by atoms with Crippen molar-refractivity contribution in [3.63, 3.8) is 0 Å². The standard InChI is InChI=1S/C29H24N6O3.K.H/c1-2-8-25-24(27(36)34(21-9-4-3-5-10-21)28-30-18-31-35(25)28)17-19-13-15-20(16-14-19)22-11-6-7-12-23(22)26-32-29(37)38-33-26;;/h3-7,9-16,18H,2,8,17H2,1H3,(H,32,33,37);;. The van der Waals surface area contributed by atoms with Crippen molar-refractivity contribution >= 4 is 57.2 Å². The van der Waals surface area contributed by atoms with Gasteiger partial charge in [-0.25, -0.2) is 13.9 Å². The molecule has 0 amide bonds. The molecule has 6 aromatic rings. The van der Waals surface area contributed by atoms with E-state index < -0.39 is 5.76 Å². The van der Waals surface area contributed by atoms with E-state index in [2.05, 4.69) is 27.1 Å². The quantitative estimate of drug-likeness (QED) is 0.306. The third-order valence-corrected chi connectivity index (χ3v) is 6.56. The Morgan fingerprint density at radius 2 is 1.62 bits per heavy atom. The summed E-state index contributed by atoms with van der Waals surface area (Å²) in [6, 6.07) is 25.2. The van der Waals surface area contributed by atoms with Crippen LogP contribution in [-0.4, -0.2) is 80.7 Å². The average Bonchev–Trinajstić information content (AvgIpc) is 3.61. The van der Waals surface area contributed by atoms with Gasteiger partial charge in [-0.05, 0) is 35.2 Å². The first kappa shape index (κ1) is 27.2. The van der Waals surface area contributed by atoms with Gasteiger partial charge < -0.3 is 0 Å². The molecule has 0 atom stereocenters. The average molecular weight is 545 g/mol. The molecule has 0 unspecified atom stereocenters. The van der Waals surface area contributed by atoms with E-state index in [1.807, 2.05) is 78.9 Å². The Labute approximate surface area is 266 Å². The van der Waals surface area contributed by atoms with E-state index in [1.54, 1.807) is 9.08 Å². The van der Waals surface area contributed by atoms with Crippen molar-refractivity contribution in [3.8, 4) is 28.2 Å². The minimum absolute atomic E-state index is 0. The number of hydrogen-bond acceptors (Lipinski definition) is 6. The van der Waals surface area contributed by atoms with Gasteiger partial charge in [-0.3, -0.25) is 14.3 Å². The molecule has 0 aliphatic rings. The van der Waals surface area contributed by atoms with Crippen molar-refractivity contribution in [2.24, 2.45) is 0 Å². The van der Waals surface area contributed by atoms with Crippen LogP contribution in [0.25, 0.3) is 34.0 Å². The Bertz CT molecular complexity index is 1850. The second kappa shape index (κ2) is 11.8. The van der Waals surface area contributed by atoms with Crippen molar-refractivity contribution in [2.75, 3.05) is 0 Å². The fourth-order valence-electron chi connectivity index (χ4n) is 4.83. The Hall–Kier alpha value is -3.41. The topological polar surface area (TPSA) is 111 Å². The van der Waals surface area contributed by atoms with Gasteiger partial charge >= 0.3 is 57.1 Å². The van der Waals surface area contributed by atoms with Crippen LogP contribution in [0.5, 0.6) is 0 Å². The van der Waals surface area contributed by atoms with E-state index in [0.29, 0.717) is 30.0 Å². The van der Waals surface area contributed by atoms with Crippen molar-refractivity contribution in [1.29, 1.82) is 0 Å². The van der Waals surface area contributed by atoms with Gasteiger partial charge in [0.25, 0.3) is 5.56 Å². The number of nitrogens with zero attached hydrogens (tertiary/aromatic N) is 5. The third-order valence-electron chi connectivity index (χ3n) is 6.56. The predicted octanol–water partition coefficient (Wildman–Crippen LogP) is 3.79. The molecule has 3 aromatic heterocycles. The van der Waals surface area contributed by atoms with Crippen LogP contribution in [-0.2, 0) is 12.8 Å². The van der Waals surface area contributed by atoms with Crippen LogP contribution in [0.15, 0.2) is 99.3 Å². The van der Waals surface area contributed by atoms with Crippen LogP contribution in [0, 0.1) is 0 Å². The van der Waals surface area contributed by atoms with Gasteiger partial charge in [-0.2, -0.15) is 10.1 Å². The Morgan fingerprint density at radius 1 is 0.897 bits per heavy atom. The first-order valence-electron chi connectivity index (χ1n) is 12.4. The fourth-order valence-corrected chi connectivity index (χ4v) is 4.83. The molecule has 0 aliphatic heterocycles. The molecule has 0 spiro atoms. The van der Waals surface area contributed by atoms with Gasteiger partial charge in [0.2, 0.25) is 5.78 Å². The van der Waals surface area contributed by atoms with Crippen molar-refractivity contribution < 1.29 is 4.52 Å². The molecule has 190 valence electrons. The summed E-state index contributed by atoms with van der Waals surface area (Å²) in [5.41, 5.74) is 5.85. The molecule has 0 saturated heterocycles. The van der Waals surface area contributed by atoms with E-state index >= 15 is 0 Å². The summed E-state index contributed by atoms with van der Waals surface area (Å²) < 4.78 is 8.12. The summed E-state index contributed by atoms with van der Waals surface area (Å²) >= 11 is 0. The summed E-state index contributed by atoms with van der Waals surface area (Å²) in [7, 11) is 0. The van der Waals surface area contributed by atoms with Gasteiger partial charge in [0.15, 0.2) is 5.82 Å². The summed E-state index contributed by atoms with van der Waals surface area (Å²) in [5, 5.41) is 8.31. The molecule has 9 nitrogen and oxygen atoms in total. The summed E-state index contributed by atoms with van der Waals surface area (Å²) in [5.74, 6) is 0.284. The Kier molecular flexibility index (Phi) is 8.19. The molecule has 10 heteroatoms. The Morgan fingerprint density at radius 3 is 2.31 bits per heavy atom. The number of aromatic amines is 1. The van der Waals surface area contributed by atoms with E-state index in [4.69, 9.17) is 4.52 Å². The molecule has 0 bridgehead atoms. The first-order chi connectivity index (χ1) is 18.6. The number of H-pyrrole nitrogens is 1. The van der Waals surface area contributed by atoms with Gasteiger partial charge in [-0.15, -0.1) is 0 Å². The molecule has 1 N–H and O–H groups in total. The number of benzene rings is 3. The maximum absolute atomic E-state index is 13.9. The number of para-hydroxylation sites is 1. The normalized spacial score (nSPS) is 11.0. The molecular formula is C29H25KN6O3. The molecule has 3 heterocycles. The van der Waals surface area contributed by atoms with Crippen molar-refractivity contribution in [2.45, 2.75) is 26.2 Å². The molecule has 0 radical (unpaired) electrons. The molecule has 6 rings (SSSR count). The Balaban J connectivity index is 0.00000308. The van der Waals surface area contributed by atoms with E-state index in [1.165, 1.54) is 6.33 Å². The number of aromatic nitrogens is 6. The minimum atomic E-state index is -0.599. The zero-order valence-corrected chi connectivity index (χ0v) is 20.7. The van der Waals surface area contributed by atoms with E-state index in [0.717, 1.165) is 40.1 Å². The number of aryl methyl sites for hydroxylation is 1. The van der Waals surface area contributed by atoms with Crippen LogP contribution in [0.1, 0.15) is 30.2 Å². The molecule has 0 saturated carbocycles. The van der Waals surface area contributed by atoms with Crippen molar-refractivity contribution in [1.82, 2.24) is 29.3 Å². The van der Waals surface area contributed by atoms with Crippen LogP contribution >= 0.6 is 0 Å². The number of fused-ring (bicyclic) bond motifs is 1. The summed E-state index contributed by atoms with van der Waals surface area (Å²) in [4.78, 5) is 32.4.